The number of amides is 1. The van der Waals surface area contributed by atoms with Gasteiger partial charge in [0, 0.05) is 46.4 Å². The minimum atomic E-state index is -0.199. The zero-order valence-electron chi connectivity index (χ0n) is 15.7. The van der Waals surface area contributed by atoms with Gasteiger partial charge >= 0.3 is 0 Å². The van der Waals surface area contributed by atoms with Crippen molar-refractivity contribution in [2.45, 2.75) is 19.8 Å². The third kappa shape index (κ3) is 3.05. The summed E-state index contributed by atoms with van der Waals surface area (Å²) in [7, 11) is 0. The van der Waals surface area contributed by atoms with E-state index in [4.69, 9.17) is 0 Å². The molecule has 0 unspecified atom stereocenters. The Kier molecular flexibility index (Phi) is 4.48. The van der Waals surface area contributed by atoms with E-state index in [1.807, 2.05) is 27.2 Å². The van der Waals surface area contributed by atoms with Crippen LogP contribution in [0.15, 0.2) is 36.4 Å². The Balaban J connectivity index is 1.32. The summed E-state index contributed by atoms with van der Waals surface area (Å²) in [5.41, 5.74) is 3.27. The number of halogens is 1. The highest BCUT2D eigenvalue weighted by molar-refractivity contribution is 7.18. The number of carbonyl (C=O) groups excluding carboxylic acids is 1. The van der Waals surface area contributed by atoms with Gasteiger partial charge in [-0.05, 0) is 49.6 Å². The summed E-state index contributed by atoms with van der Waals surface area (Å²) in [6.45, 7) is 4.71. The standard InChI is InChI=1S/C22H21FN2OS2/c1-14-12-16-19(27-14)7-6-15-13-20(28-21(15)16)22(26)25-10-8-24(9-11-25)18-5-3-2-4-17(18)23/h2-5,12-13H,6-11H2,1H3. The van der Waals surface area contributed by atoms with Gasteiger partial charge in [-0.25, -0.2) is 4.39 Å². The summed E-state index contributed by atoms with van der Waals surface area (Å²) in [6, 6.07) is 11.2. The number of fused-ring (bicyclic) bond motifs is 3. The molecule has 0 spiro atoms. The summed E-state index contributed by atoms with van der Waals surface area (Å²) in [6.07, 6.45) is 2.10. The summed E-state index contributed by atoms with van der Waals surface area (Å²) in [5.74, 6) is -0.0869. The Labute approximate surface area is 172 Å². The molecule has 6 heteroatoms. The molecule has 0 atom stereocenters. The zero-order valence-corrected chi connectivity index (χ0v) is 17.3. The molecule has 3 heterocycles. The number of rotatable bonds is 2. The summed E-state index contributed by atoms with van der Waals surface area (Å²) < 4.78 is 14.0. The first-order chi connectivity index (χ1) is 13.6. The monoisotopic (exact) mass is 412 g/mol. The molecule has 3 nitrogen and oxygen atoms in total. The molecule has 2 aliphatic rings. The van der Waals surface area contributed by atoms with E-state index in [2.05, 4.69) is 19.1 Å². The van der Waals surface area contributed by atoms with Crippen molar-refractivity contribution < 1.29 is 9.18 Å². The highest BCUT2D eigenvalue weighted by atomic mass is 32.1. The SMILES string of the molecule is Cc1cc2c(s1)CCc1cc(C(=O)N3CCN(c4ccccc4F)CC3)sc1-2. The molecule has 3 aromatic rings. The second-order valence-electron chi connectivity index (χ2n) is 7.39. The average Bonchev–Trinajstić information content (AvgIpc) is 3.30. The van der Waals surface area contributed by atoms with Crippen molar-refractivity contribution in [2.24, 2.45) is 0 Å². The van der Waals surface area contributed by atoms with Crippen LogP contribution in [0.4, 0.5) is 10.1 Å². The van der Waals surface area contributed by atoms with Gasteiger partial charge in [0.1, 0.15) is 5.82 Å². The number of piperazine rings is 1. The molecule has 1 amide bonds. The number of nitrogens with zero attached hydrogens (tertiary/aromatic N) is 2. The molecule has 1 aliphatic heterocycles. The first-order valence-electron chi connectivity index (χ1n) is 9.61. The molecule has 0 bridgehead atoms. The molecular formula is C22H21FN2OS2. The van der Waals surface area contributed by atoms with Crippen LogP contribution in [-0.4, -0.2) is 37.0 Å². The zero-order chi connectivity index (χ0) is 19.3. The van der Waals surface area contributed by atoms with Gasteiger partial charge in [-0.1, -0.05) is 12.1 Å². The molecule has 5 rings (SSSR count). The summed E-state index contributed by atoms with van der Waals surface area (Å²) >= 11 is 3.51. The molecule has 28 heavy (non-hydrogen) atoms. The van der Waals surface area contributed by atoms with Crippen LogP contribution in [0.1, 0.15) is 25.0 Å². The number of para-hydroxylation sites is 1. The van der Waals surface area contributed by atoms with Crippen LogP contribution in [0.5, 0.6) is 0 Å². The fraction of sp³-hybridized carbons (Fsp3) is 0.318. The van der Waals surface area contributed by atoms with E-state index < -0.39 is 0 Å². The van der Waals surface area contributed by atoms with Crippen molar-refractivity contribution in [1.82, 2.24) is 4.90 Å². The van der Waals surface area contributed by atoms with Gasteiger partial charge in [0.25, 0.3) is 5.91 Å². The molecule has 2 aromatic heterocycles. The number of hydrogen-bond acceptors (Lipinski definition) is 4. The largest absolute Gasteiger partial charge is 0.366 e. The molecule has 0 saturated carbocycles. The van der Waals surface area contributed by atoms with Gasteiger partial charge in [-0.15, -0.1) is 22.7 Å². The van der Waals surface area contributed by atoms with E-state index in [0.29, 0.717) is 31.9 Å². The van der Waals surface area contributed by atoms with Crippen molar-refractivity contribution in [1.29, 1.82) is 0 Å². The molecule has 1 aliphatic carbocycles. The van der Waals surface area contributed by atoms with E-state index in [1.54, 1.807) is 23.5 Å². The predicted molar refractivity (Wildman–Crippen MR) is 114 cm³/mol. The maximum Gasteiger partial charge on any atom is 0.264 e. The number of carbonyl (C=O) groups is 1. The van der Waals surface area contributed by atoms with Crippen LogP contribution in [0.2, 0.25) is 0 Å². The molecule has 1 fully saturated rings. The summed E-state index contributed by atoms with van der Waals surface area (Å²) in [5, 5.41) is 0. The van der Waals surface area contributed by atoms with Crippen molar-refractivity contribution in [3.05, 3.63) is 62.4 Å². The van der Waals surface area contributed by atoms with Crippen LogP contribution in [0, 0.1) is 12.7 Å². The van der Waals surface area contributed by atoms with E-state index in [-0.39, 0.29) is 11.7 Å². The lowest BCUT2D eigenvalue weighted by Gasteiger charge is -2.36. The van der Waals surface area contributed by atoms with Crippen LogP contribution in [0.3, 0.4) is 0 Å². The molecule has 0 N–H and O–H groups in total. The Bertz CT molecular complexity index is 1050. The lowest BCUT2D eigenvalue weighted by Crippen LogP contribution is -2.48. The van der Waals surface area contributed by atoms with Crippen molar-refractivity contribution in [3.8, 4) is 10.4 Å². The molecular weight excluding hydrogens is 391 g/mol. The Morgan fingerprint density at radius 1 is 1.04 bits per heavy atom. The minimum absolute atomic E-state index is 0.112. The van der Waals surface area contributed by atoms with Crippen LogP contribution in [0.25, 0.3) is 10.4 Å². The number of benzene rings is 1. The van der Waals surface area contributed by atoms with Crippen molar-refractivity contribution >= 4 is 34.3 Å². The van der Waals surface area contributed by atoms with Gasteiger partial charge in [0.05, 0.1) is 10.6 Å². The lowest BCUT2D eigenvalue weighted by atomic mass is 9.98. The first kappa shape index (κ1) is 17.9. The molecule has 0 radical (unpaired) electrons. The van der Waals surface area contributed by atoms with Gasteiger partial charge in [0.2, 0.25) is 0 Å². The maximum absolute atomic E-state index is 14.0. The Hall–Kier alpha value is -2.18. The topological polar surface area (TPSA) is 23.6 Å². The normalized spacial score (nSPS) is 16.1. The fourth-order valence-corrected chi connectivity index (χ4v) is 6.48. The minimum Gasteiger partial charge on any atom is -0.366 e. The first-order valence-corrected chi connectivity index (χ1v) is 11.2. The van der Waals surface area contributed by atoms with E-state index in [1.165, 1.54) is 31.8 Å². The smallest absolute Gasteiger partial charge is 0.264 e. The highest BCUT2D eigenvalue weighted by Crippen LogP contribution is 2.43. The van der Waals surface area contributed by atoms with Crippen LogP contribution < -0.4 is 4.90 Å². The maximum atomic E-state index is 14.0. The van der Waals surface area contributed by atoms with E-state index in [0.717, 1.165) is 17.7 Å². The molecule has 144 valence electrons. The van der Waals surface area contributed by atoms with Gasteiger partial charge < -0.3 is 9.80 Å². The third-order valence-corrected chi connectivity index (χ3v) is 7.89. The second-order valence-corrected chi connectivity index (χ2v) is 9.78. The van der Waals surface area contributed by atoms with Gasteiger partial charge in [0.15, 0.2) is 0 Å². The molecule has 1 aromatic carbocycles. The fourth-order valence-electron chi connectivity index (χ4n) is 4.15. The van der Waals surface area contributed by atoms with Crippen molar-refractivity contribution in [2.75, 3.05) is 31.1 Å². The van der Waals surface area contributed by atoms with E-state index in [9.17, 15) is 9.18 Å². The quantitative estimate of drug-likeness (QED) is 0.592. The van der Waals surface area contributed by atoms with Gasteiger partial charge in [-0.2, -0.15) is 0 Å². The lowest BCUT2D eigenvalue weighted by molar-refractivity contribution is 0.0751. The highest BCUT2D eigenvalue weighted by Gasteiger charge is 2.27. The Morgan fingerprint density at radius 3 is 2.61 bits per heavy atom. The number of aryl methyl sites for hydroxylation is 3. The average molecular weight is 413 g/mol. The number of thiophene rings is 2. The van der Waals surface area contributed by atoms with Crippen LogP contribution in [-0.2, 0) is 12.8 Å². The van der Waals surface area contributed by atoms with Crippen LogP contribution >= 0.6 is 22.7 Å². The predicted octanol–water partition coefficient (Wildman–Crippen LogP) is 4.99. The van der Waals surface area contributed by atoms with Gasteiger partial charge in [-0.3, -0.25) is 4.79 Å². The molecule has 1 saturated heterocycles. The Morgan fingerprint density at radius 2 is 1.82 bits per heavy atom. The summed E-state index contributed by atoms with van der Waals surface area (Å²) in [4.78, 5) is 21.9. The third-order valence-electron chi connectivity index (χ3n) is 5.58. The van der Waals surface area contributed by atoms with E-state index >= 15 is 0 Å². The second kappa shape index (κ2) is 7.01. The number of hydrogen-bond donors (Lipinski definition) is 0. The number of anilines is 1. The van der Waals surface area contributed by atoms with Crippen molar-refractivity contribution in [3.63, 3.8) is 0 Å².